The number of aromatic nitrogens is 2. The lowest BCUT2D eigenvalue weighted by atomic mass is 10.2. The van der Waals surface area contributed by atoms with Crippen LogP contribution in [0.25, 0.3) is 10.2 Å². The van der Waals surface area contributed by atoms with E-state index in [0.717, 1.165) is 35.0 Å². The Kier molecular flexibility index (Phi) is 6.94. The van der Waals surface area contributed by atoms with Crippen LogP contribution in [0.4, 0.5) is 5.69 Å². The van der Waals surface area contributed by atoms with Crippen LogP contribution in [0.2, 0.25) is 0 Å². The maximum atomic E-state index is 13.3. The molecule has 2 heterocycles. The van der Waals surface area contributed by atoms with Gasteiger partial charge in [0.15, 0.2) is 5.16 Å². The van der Waals surface area contributed by atoms with Crippen molar-refractivity contribution in [1.29, 1.82) is 0 Å². The fraction of sp³-hybridized carbons (Fsp3) is 0.409. The number of para-hydroxylation sites is 2. The van der Waals surface area contributed by atoms with Crippen LogP contribution in [0.3, 0.4) is 0 Å². The first-order valence-corrected chi connectivity index (χ1v) is 12.1. The van der Waals surface area contributed by atoms with Crippen LogP contribution < -0.4 is 15.6 Å². The van der Waals surface area contributed by atoms with E-state index >= 15 is 0 Å². The van der Waals surface area contributed by atoms with E-state index in [1.54, 1.807) is 29.1 Å². The molecule has 164 valence electrons. The number of nitrogens with one attached hydrogen (secondary N) is 1. The van der Waals surface area contributed by atoms with Gasteiger partial charge in [0.1, 0.15) is 10.6 Å². The highest BCUT2D eigenvalue weighted by Gasteiger charge is 2.23. The molecule has 31 heavy (non-hydrogen) atoms. The first kappa shape index (κ1) is 21.9. The van der Waals surface area contributed by atoms with Gasteiger partial charge in [-0.3, -0.25) is 14.2 Å². The van der Waals surface area contributed by atoms with Crippen molar-refractivity contribution >= 4 is 44.9 Å². The van der Waals surface area contributed by atoms with Gasteiger partial charge in [-0.05, 0) is 43.9 Å². The van der Waals surface area contributed by atoms with E-state index in [1.165, 1.54) is 16.6 Å². The second-order valence-electron chi connectivity index (χ2n) is 7.15. The molecule has 0 atom stereocenters. The second kappa shape index (κ2) is 9.84. The minimum atomic E-state index is -0.182. The van der Waals surface area contributed by atoms with Crippen LogP contribution in [0.1, 0.15) is 23.8 Å². The number of carbonyl (C=O) groups is 1. The molecule has 1 aromatic carbocycles. The van der Waals surface area contributed by atoms with E-state index in [0.29, 0.717) is 36.4 Å². The maximum Gasteiger partial charge on any atom is 0.263 e. The number of hydrogen-bond acceptors (Lipinski definition) is 7. The summed E-state index contributed by atoms with van der Waals surface area (Å²) in [5.41, 5.74) is 1.75. The van der Waals surface area contributed by atoms with Crippen LogP contribution in [0, 0.1) is 0 Å². The van der Waals surface area contributed by atoms with Crippen LogP contribution in [-0.2, 0) is 28.9 Å². The summed E-state index contributed by atoms with van der Waals surface area (Å²) in [5, 5.41) is 4.18. The highest BCUT2D eigenvalue weighted by Crippen LogP contribution is 2.35. The molecule has 3 aromatic rings. The third kappa shape index (κ3) is 4.63. The van der Waals surface area contributed by atoms with E-state index in [2.05, 4.69) is 5.32 Å². The molecule has 0 bridgehead atoms. The van der Waals surface area contributed by atoms with Crippen molar-refractivity contribution in [3.63, 3.8) is 0 Å². The normalized spacial score (nSPS) is 12.8. The third-order valence-corrected chi connectivity index (χ3v) is 7.26. The van der Waals surface area contributed by atoms with Gasteiger partial charge >= 0.3 is 0 Å². The molecule has 0 radical (unpaired) electrons. The minimum absolute atomic E-state index is 0.0361. The van der Waals surface area contributed by atoms with Crippen LogP contribution in [-0.4, -0.2) is 41.5 Å². The molecule has 0 unspecified atom stereocenters. The van der Waals surface area contributed by atoms with Crippen LogP contribution in [0.5, 0.6) is 5.75 Å². The molecular weight excluding hydrogens is 434 g/mol. The van der Waals surface area contributed by atoms with Gasteiger partial charge in [-0.25, -0.2) is 4.98 Å². The monoisotopic (exact) mass is 459 g/mol. The first-order valence-electron chi connectivity index (χ1n) is 10.3. The lowest BCUT2D eigenvalue weighted by Crippen LogP contribution is -2.26. The fourth-order valence-electron chi connectivity index (χ4n) is 3.72. The number of anilines is 1. The summed E-state index contributed by atoms with van der Waals surface area (Å²) in [5.74, 6) is 0.586. The number of nitrogens with zero attached hydrogens (tertiary/aromatic N) is 2. The number of benzene rings is 1. The third-order valence-electron chi connectivity index (χ3n) is 5.10. The van der Waals surface area contributed by atoms with Crippen molar-refractivity contribution in [2.24, 2.45) is 0 Å². The average molecular weight is 460 g/mol. The number of methoxy groups -OCH3 is 1. The van der Waals surface area contributed by atoms with Crippen molar-refractivity contribution < 1.29 is 14.3 Å². The van der Waals surface area contributed by atoms with E-state index in [1.807, 2.05) is 25.1 Å². The maximum absolute atomic E-state index is 13.3. The molecule has 7 nitrogen and oxygen atoms in total. The fourth-order valence-corrected chi connectivity index (χ4v) is 5.84. The topological polar surface area (TPSA) is 82.5 Å². The Morgan fingerprint density at radius 1 is 1.32 bits per heavy atom. The Bertz CT molecular complexity index is 1160. The lowest BCUT2D eigenvalue weighted by molar-refractivity contribution is -0.113. The van der Waals surface area contributed by atoms with E-state index in [-0.39, 0.29) is 17.2 Å². The number of fused-ring (bicyclic) bond motifs is 3. The summed E-state index contributed by atoms with van der Waals surface area (Å²) in [6.07, 6.45) is 3.04. The number of ether oxygens (including phenoxy) is 2. The lowest BCUT2D eigenvalue weighted by Gasteiger charge is -2.13. The predicted octanol–water partition coefficient (Wildman–Crippen LogP) is 3.72. The van der Waals surface area contributed by atoms with Gasteiger partial charge in [0.25, 0.3) is 5.56 Å². The molecular formula is C22H25N3O4S2. The average Bonchev–Trinajstić information content (AvgIpc) is 3.34. The molecule has 0 fully saturated rings. The summed E-state index contributed by atoms with van der Waals surface area (Å²) in [4.78, 5) is 32.7. The highest BCUT2D eigenvalue weighted by atomic mass is 32.2. The summed E-state index contributed by atoms with van der Waals surface area (Å²) in [6.45, 7) is 3.22. The SMILES string of the molecule is CCOc1ccccc1NC(=O)CSc1nc2sc3c(c2c(=O)n1CCOC)CCC3. The van der Waals surface area contributed by atoms with E-state index in [4.69, 9.17) is 14.5 Å². The smallest absolute Gasteiger partial charge is 0.263 e. The molecule has 1 N–H and O–H groups in total. The zero-order valence-electron chi connectivity index (χ0n) is 17.6. The molecule has 4 rings (SSSR count). The molecule has 0 saturated carbocycles. The number of thiophene rings is 1. The minimum Gasteiger partial charge on any atom is -0.492 e. The summed E-state index contributed by atoms with van der Waals surface area (Å²) >= 11 is 2.87. The molecule has 9 heteroatoms. The van der Waals surface area contributed by atoms with Gasteiger partial charge in [-0.1, -0.05) is 23.9 Å². The van der Waals surface area contributed by atoms with E-state index < -0.39 is 0 Å². The van der Waals surface area contributed by atoms with Gasteiger partial charge in [-0.2, -0.15) is 0 Å². The standard InChI is InChI=1S/C22H25N3O4S2/c1-3-29-16-9-5-4-8-15(16)23-18(26)13-30-22-24-20-19(14-7-6-10-17(14)31-20)21(27)25(22)11-12-28-2/h4-5,8-9H,3,6-7,10-13H2,1-2H3,(H,23,26). The molecule has 0 aliphatic heterocycles. The molecule has 1 aliphatic carbocycles. The first-order chi connectivity index (χ1) is 15.1. The van der Waals surface area contributed by atoms with Crippen molar-refractivity contribution in [3.8, 4) is 5.75 Å². The Morgan fingerprint density at radius 3 is 2.97 bits per heavy atom. The molecule has 2 aromatic heterocycles. The van der Waals surface area contributed by atoms with Crippen LogP contribution >= 0.6 is 23.1 Å². The number of hydrogen-bond donors (Lipinski definition) is 1. The second-order valence-corrected chi connectivity index (χ2v) is 9.17. The molecule has 0 saturated heterocycles. The van der Waals surface area contributed by atoms with Gasteiger partial charge in [0.05, 0.1) is 36.6 Å². The predicted molar refractivity (Wildman–Crippen MR) is 125 cm³/mol. The molecule has 1 amide bonds. The van der Waals surface area contributed by atoms with Gasteiger partial charge in [0.2, 0.25) is 5.91 Å². The van der Waals surface area contributed by atoms with Crippen molar-refractivity contribution in [1.82, 2.24) is 9.55 Å². The number of carbonyl (C=O) groups excluding carboxylic acids is 1. The highest BCUT2D eigenvalue weighted by molar-refractivity contribution is 7.99. The number of amides is 1. The van der Waals surface area contributed by atoms with E-state index in [9.17, 15) is 9.59 Å². The summed E-state index contributed by atoms with van der Waals surface area (Å²) in [6, 6.07) is 7.33. The number of rotatable bonds is 9. The Hall–Kier alpha value is -2.36. The molecule has 0 spiro atoms. The van der Waals surface area contributed by atoms with Crippen molar-refractivity contribution in [2.75, 3.05) is 31.4 Å². The zero-order valence-corrected chi connectivity index (χ0v) is 19.2. The quantitative estimate of drug-likeness (QED) is 0.388. The Balaban J connectivity index is 1.56. The number of thioether (sulfide) groups is 1. The van der Waals surface area contributed by atoms with Gasteiger partial charge in [0, 0.05) is 12.0 Å². The largest absolute Gasteiger partial charge is 0.492 e. The van der Waals surface area contributed by atoms with Gasteiger partial charge < -0.3 is 14.8 Å². The zero-order chi connectivity index (χ0) is 21.8. The molecule has 1 aliphatic rings. The van der Waals surface area contributed by atoms with Crippen molar-refractivity contribution in [3.05, 3.63) is 45.1 Å². The Labute approximate surface area is 188 Å². The summed E-state index contributed by atoms with van der Waals surface area (Å²) in [7, 11) is 1.61. The van der Waals surface area contributed by atoms with Gasteiger partial charge in [-0.15, -0.1) is 11.3 Å². The van der Waals surface area contributed by atoms with Crippen LogP contribution in [0.15, 0.2) is 34.2 Å². The summed E-state index contributed by atoms with van der Waals surface area (Å²) < 4.78 is 12.4. The Morgan fingerprint density at radius 2 is 2.16 bits per heavy atom. The number of aryl methyl sites for hydroxylation is 2. The van der Waals surface area contributed by atoms with Crippen molar-refractivity contribution in [2.45, 2.75) is 37.9 Å².